The molecule has 0 heterocycles. The van der Waals surface area contributed by atoms with Gasteiger partial charge in [0.25, 0.3) is 0 Å². The van der Waals surface area contributed by atoms with Gasteiger partial charge < -0.3 is 9.80 Å². The van der Waals surface area contributed by atoms with Crippen LogP contribution >= 0.6 is 0 Å². The summed E-state index contributed by atoms with van der Waals surface area (Å²) in [6.07, 6.45) is 4.17. The third-order valence-electron chi connectivity index (χ3n) is 6.16. The molecule has 0 amide bonds. The van der Waals surface area contributed by atoms with Crippen LogP contribution in [0.15, 0.2) is 121 Å². The van der Waals surface area contributed by atoms with Crippen molar-refractivity contribution in [1.82, 2.24) is 9.80 Å². The topological polar surface area (TPSA) is 18.8 Å². The molecule has 0 spiro atoms. The molecule has 0 unspecified atom stereocenters. The molecule has 0 aliphatic carbocycles. The Morgan fingerprint density at radius 2 is 1.21 bits per heavy atom. The molecule has 0 aliphatic rings. The van der Waals surface area contributed by atoms with Crippen LogP contribution in [0, 0.1) is 0 Å². The quantitative estimate of drug-likeness (QED) is 0.169. The molecule has 0 fully saturated rings. The first kappa shape index (κ1) is 24.1. The lowest BCUT2D eigenvalue weighted by Gasteiger charge is -2.47. The number of amidine groups is 1. The van der Waals surface area contributed by atoms with Crippen molar-refractivity contribution in [2.24, 2.45) is 4.99 Å². The largest absolute Gasteiger partial charge is 0.378 e. The Balaban J connectivity index is 2.38. The van der Waals surface area contributed by atoms with Crippen LogP contribution in [0.4, 0.5) is 0 Å². The van der Waals surface area contributed by atoms with E-state index in [-0.39, 0.29) is 0 Å². The number of nitrogens with zero attached hydrogens (tertiary/aromatic N) is 3. The van der Waals surface area contributed by atoms with Gasteiger partial charge in [-0.3, -0.25) is 4.99 Å². The highest BCUT2D eigenvalue weighted by Gasteiger charge is 2.43. The van der Waals surface area contributed by atoms with Crippen LogP contribution in [0.25, 0.3) is 0 Å². The Labute approximate surface area is 199 Å². The molecule has 0 radical (unpaired) electrons. The minimum atomic E-state index is -0.648. The summed E-state index contributed by atoms with van der Waals surface area (Å²) in [6.45, 7) is 10.9. The van der Waals surface area contributed by atoms with E-state index in [1.165, 1.54) is 0 Å². The predicted molar refractivity (Wildman–Crippen MR) is 141 cm³/mol. The van der Waals surface area contributed by atoms with Gasteiger partial charge in [-0.2, -0.15) is 0 Å². The Hall–Kier alpha value is -3.59. The lowest BCUT2D eigenvalue weighted by molar-refractivity contribution is 0.328. The SMILES string of the molecule is C=C(/C=C\N(C)C(C)C)N(/C(C)=N/C)C(c1ccccc1)(c1ccccc1)c1ccccc1. The van der Waals surface area contributed by atoms with Crippen LogP contribution in [0.5, 0.6) is 0 Å². The Bertz CT molecular complexity index is 986. The summed E-state index contributed by atoms with van der Waals surface area (Å²) < 4.78 is 0. The Morgan fingerprint density at radius 3 is 1.55 bits per heavy atom. The summed E-state index contributed by atoms with van der Waals surface area (Å²) >= 11 is 0. The van der Waals surface area contributed by atoms with E-state index in [1.807, 2.05) is 7.05 Å². The average molecular weight is 438 g/mol. The summed E-state index contributed by atoms with van der Waals surface area (Å²) in [7, 11) is 3.92. The van der Waals surface area contributed by atoms with E-state index < -0.39 is 5.54 Å². The van der Waals surface area contributed by atoms with Crippen molar-refractivity contribution >= 4 is 5.84 Å². The third kappa shape index (κ3) is 4.93. The molecule has 3 nitrogen and oxygen atoms in total. The fourth-order valence-corrected chi connectivity index (χ4v) is 4.14. The van der Waals surface area contributed by atoms with Crippen molar-refractivity contribution in [3.05, 3.63) is 132 Å². The molecule has 33 heavy (non-hydrogen) atoms. The zero-order chi connectivity index (χ0) is 23.8. The van der Waals surface area contributed by atoms with Gasteiger partial charge in [-0.25, -0.2) is 0 Å². The maximum atomic E-state index is 4.65. The molecule has 0 aliphatic heterocycles. The van der Waals surface area contributed by atoms with Crippen LogP contribution in [0.3, 0.4) is 0 Å². The highest BCUT2D eigenvalue weighted by molar-refractivity contribution is 5.84. The van der Waals surface area contributed by atoms with E-state index in [1.54, 1.807) is 0 Å². The van der Waals surface area contributed by atoms with Gasteiger partial charge in [0.2, 0.25) is 0 Å². The lowest BCUT2D eigenvalue weighted by Crippen LogP contribution is -2.49. The molecule has 3 aromatic rings. The zero-order valence-corrected chi connectivity index (χ0v) is 20.4. The zero-order valence-electron chi connectivity index (χ0n) is 20.4. The standard InChI is InChI=1S/C30H35N3/c1-24(2)32(6)23-22-25(3)33(26(4)31-5)30(27-16-10-7-11-17-27,28-18-12-8-13-19-28)29-20-14-9-15-21-29/h7-24H,3H2,1-2,4-6H3/b23-22-,31-26+. The van der Waals surface area contributed by atoms with E-state index in [9.17, 15) is 0 Å². The van der Waals surface area contributed by atoms with Gasteiger partial charge in [-0.1, -0.05) is 97.6 Å². The van der Waals surface area contributed by atoms with Crippen molar-refractivity contribution in [1.29, 1.82) is 0 Å². The molecule has 0 bridgehead atoms. The van der Waals surface area contributed by atoms with Crippen LogP contribution in [-0.4, -0.2) is 35.8 Å². The maximum absolute atomic E-state index is 4.65. The van der Waals surface area contributed by atoms with Crippen molar-refractivity contribution in [3.8, 4) is 0 Å². The third-order valence-corrected chi connectivity index (χ3v) is 6.16. The Morgan fingerprint density at radius 1 is 0.818 bits per heavy atom. The molecule has 0 saturated carbocycles. The second-order valence-electron chi connectivity index (χ2n) is 8.48. The summed E-state index contributed by atoms with van der Waals surface area (Å²) in [5.41, 5.74) is 3.67. The molecule has 0 saturated heterocycles. The number of allylic oxidation sites excluding steroid dienone is 1. The van der Waals surface area contributed by atoms with E-state index in [4.69, 9.17) is 0 Å². The number of hydrogen-bond acceptors (Lipinski definition) is 2. The van der Waals surface area contributed by atoms with E-state index in [2.05, 4.69) is 152 Å². The number of aliphatic imine (C=N–C) groups is 1. The van der Waals surface area contributed by atoms with Gasteiger partial charge in [0.05, 0.1) is 0 Å². The van der Waals surface area contributed by atoms with Gasteiger partial charge >= 0.3 is 0 Å². The van der Waals surface area contributed by atoms with Crippen molar-refractivity contribution in [2.75, 3.05) is 14.1 Å². The van der Waals surface area contributed by atoms with E-state index >= 15 is 0 Å². The molecular formula is C30H35N3. The van der Waals surface area contributed by atoms with Crippen molar-refractivity contribution in [3.63, 3.8) is 0 Å². The van der Waals surface area contributed by atoms with Crippen molar-refractivity contribution in [2.45, 2.75) is 32.4 Å². The van der Waals surface area contributed by atoms with Gasteiger partial charge in [-0.05, 0) is 43.5 Å². The molecule has 0 aromatic heterocycles. The second-order valence-corrected chi connectivity index (χ2v) is 8.48. The molecule has 3 aromatic carbocycles. The predicted octanol–water partition coefficient (Wildman–Crippen LogP) is 6.70. The van der Waals surface area contributed by atoms with Crippen molar-refractivity contribution < 1.29 is 0 Å². The van der Waals surface area contributed by atoms with E-state index in [0.717, 1.165) is 28.2 Å². The summed E-state index contributed by atoms with van der Waals surface area (Å²) in [6, 6.07) is 32.3. The maximum Gasteiger partial charge on any atom is 0.122 e. The minimum Gasteiger partial charge on any atom is -0.378 e. The number of hydrogen-bond donors (Lipinski definition) is 0. The molecule has 170 valence electrons. The van der Waals surface area contributed by atoms with Gasteiger partial charge in [0.1, 0.15) is 11.4 Å². The number of benzene rings is 3. The highest BCUT2D eigenvalue weighted by atomic mass is 15.3. The van der Waals surface area contributed by atoms with Crippen LogP contribution in [0.1, 0.15) is 37.5 Å². The molecule has 0 N–H and O–H groups in total. The average Bonchev–Trinajstić information content (AvgIpc) is 2.86. The van der Waals surface area contributed by atoms with E-state index in [0.29, 0.717) is 6.04 Å². The summed E-state index contributed by atoms with van der Waals surface area (Å²) in [5, 5.41) is 0. The first-order valence-corrected chi connectivity index (χ1v) is 11.4. The fraction of sp³-hybridized carbons (Fsp3) is 0.233. The van der Waals surface area contributed by atoms with Crippen LogP contribution in [0.2, 0.25) is 0 Å². The molecule has 0 atom stereocenters. The van der Waals surface area contributed by atoms with Gasteiger partial charge in [0, 0.05) is 32.0 Å². The second kappa shape index (κ2) is 10.8. The Kier molecular flexibility index (Phi) is 7.89. The molecule has 3 rings (SSSR count). The van der Waals surface area contributed by atoms with Crippen LogP contribution in [-0.2, 0) is 5.54 Å². The monoisotopic (exact) mass is 437 g/mol. The smallest absolute Gasteiger partial charge is 0.122 e. The highest BCUT2D eigenvalue weighted by Crippen LogP contribution is 2.44. The minimum absolute atomic E-state index is 0.394. The van der Waals surface area contributed by atoms with Gasteiger partial charge in [0.15, 0.2) is 0 Å². The first-order chi connectivity index (χ1) is 15.9. The number of rotatable bonds is 8. The summed E-state index contributed by atoms with van der Waals surface area (Å²) in [4.78, 5) is 9.09. The molecular weight excluding hydrogens is 402 g/mol. The molecule has 3 heteroatoms. The first-order valence-electron chi connectivity index (χ1n) is 11.4. The normalized spacial score (nSPS) is 12.2. The fourth-order valence-electron chi connectivity index (χ4n) is 4.14. The van der Waals surface area contributed by atoms with Gasteiger partial charge in [-0.15, -0.1) is 0 Å². The summed E-state index contributed by atoms with van der Waals surface area (Å²) in [5.74, 6) is 0.883. The lowest BCUT2D eigenvalue weighted by atomic mass is 9.75. The van der Waals surface area contributed by atoms with Crippen LogP contribution < -0.4 is 0 Å².